The van der Waals surface area contributed by atoms with E-state index in [2.05, 4.69) is 0 Å². The Morgan fingerprint density at radius 1 is 0.611 bits per heavy atom. The van der Waals surface area contributed by atoms with Gasteiger partial charge >= 0.3 is 0 Å². The molecule has 18 heavy (non-hydrogen) atoms. The Labute approximate surface area is 118 Å². The second-order valence-electron chi connectivity index (χ2n) is 3.65. The van der Waals surface area contributed by atoms with Crippen LogP contribution in [0.25, 0.3) is 11.1 Å². The van der Waals surface area contributed by atoms with E-state index in [1.54, 1.807) is 6.07 Å². The molecule has 0 heterocycles. The summed E-state index contributed by atoms with van der Waals surface area (Å²) >= 11 is 0. The van der Waals surface area contributed by atoms with Gasteiger partial charge in [0.2, 0.25) is 0 Å². The summed E-state index contributed by atoms with van der Waals surface area (Å²) in [6, 6.07) is 11.0. The van der Waals surface area contributed by atoms with Gasteiger partial charge in [0.05, 0.1) is 17.1 Å². The fourth-order valence-corrected chi connectivity index (χ4v) is 1.57. The molecule has 4 nitrogen and oxygen atoms in total. The molecule has 0 fully saturated rings. The van der Waals surface area contributed by atoms with E-state index in [0.717, 1.165) is 11.1 Å². The summed E-state index contributed by atoms with van der Waals surface area (Å²) in [5.41, 5.74) is 27.0. The lowest BCUT2D eigenvalue weighted by molar-refractivity contribution is 1.59. The molecule has 0 saturated carbocycles. The van der Waals surface area contributed by atoms with E-state index in [4.69, 9.17) is 22.9 Å². The molecule has 0 aromatic heterocycles. The number of benzene rings is 2. The quantitative estimate of drug-likeness (QED) is 0.605. The summed E-state index contributed by atoms with van der Waals surface area (Å²) in [5, 5.41) is 0. The van der Waals surface area contributed by atoms with Gasteiger partial charge in [0.1, 0.15) is 0 Å². The first kappa shape index (κ1) is 16.2. The normalized spacial score (nSPS) is 9.11. The molecule has 0 spiro atoms. The Balaban J connectivity index is 0.00000144. The van der Waals surface area contributed by atoms with Crippen LogP contribution < -0.4 is 22.9 Å². The molecule has 0 amide bonds. The largest absolute Gasteiger partial charge is 0.399 e. The third-order valence-electron chi connectivity index (χ3n) is 2.54. The van der Waals surface area contributed by atoms with Crippen LogP contribution in [0, 0.1) is 0 Å². The Morgan fingerprint density at radius 3 is 1.72 bits per heavy atom. The molecule has 2 aromatic carbocycles. The summed E-state index contributed by atoms with van der Waals surface area (Å²) in [6.45, 7) is 0. The van der Waals surface area contributed by atoms with E-state index in [9.17, 15) is 0 Å². The van der Waals surface area contributed by atoms with Gasteiger partial charge in [0.15, 0.2) is 0 Å². The second-order valence-corrected chi connectivity index (χ2v) is 3.65. The van der Waals surface area contributed by atoms with E-state index in [1.807, 2.05) is 30.3 Å². The fourth-order valence-electron chi connectivity index (χ4n) is 1.57. The zero-order chi connectivity index (χ0) is 11.7. The van der Waals surface area contributed by atoms with Crippen molar-refractivity contribution in [3.05, 3.63) is 36.4 Å². The summed E-state index contributed by atoms with van der Waals surface area (Å²) < 4.78 is 0. The zero-order valence-electron chi connectivity index (χ0n) is 9.59. The van der Waals surface area contributed by atoms with Crippen molar-refractivity contribution in [3.8, 4) is 11.1 Å². The Hall–Kier alpha value is -1.78. The molecule has 0 saturated heterocycles. The number of anilines is 4. The minimum absolute atomic E-state index is 0. The zero-order valence-corrected chi connectivity index (χ0v) is 11.2. The molecular formula is C12H16Cl2N4. The van der Waals surface area contributed by atoms with Crippen molar-refractivity contribution < 1.29 is 0 Å². The summed E-state index contributed by atoms with van der Waals surface area (Å²) in [4.78, 5) is 0. The van der Waals surface area contributed by atoms with E-state index in [-0.39, 0.29) is 24.8 Å². The van der Waals surface area contributed by atoms with Gasteiger partial charge in [-0.15, -0.1) is 24.8 Å². The van der Waals surface area contributed by atoms with Crippen LogP contribution in [0.3, 0.4) is 0 Å². The second kappa shape index (κ2) is 6.23. The molecule has 0 aliphatic heterocycles. The predicted molar refractivity (Wildman–Crippen MR) is 84.0 cm³/mol. The first-order valence-corrected chi connectivity index (χ1v) is 4.89. The number of hydrogen-bond donors (Lipinski definition) is 4. The van der Waals surface area contributed by atoms with E-state index < -0.39 is 0 Å². The molecule has 0 aliphatic carbocycles. The van der Waals surface area contributed by atoms with Gasteiger partial charge in [-0.25, -0.2) is 0 Å². The average Bonchev–Trinajstić information content (AvgIpc) is 2.28. The third kappa shape index (κ3) is 2.91. The Kier molecular flexibility index (Phi) is 5.62. The molecule has 0 bridgehead atoms. The van der Waals surface area contributed by atoms with Crippen LogP contribution >= 0.6 is 24.8 Å². The monoisotopic (exact) mass is 286 g/mol. The number of hydrogen-bond acceptors (Lipinski definition) is 4. The highest BCUT2D eigenvalue weighted by Gasteiger charge is 2.07. The van der Waals surface area contributed by atoms with Gasteiger partial charge in [-0.3, -0.25) is 0 Å². The maximum absolute atomic E-state index is 5.92. The van der Waals surface area contributed by atoms with Crippen LogP contribution in [-0.4, -0.2) is 0 Å². The van der Waals surface area contributed by atoms with E-state index in [0.29, 0.717) is 22.7 Å². The van der Waals surface area contributed by atoms with Crippen LogP contribution in [0.15, 0.2) is 36.4 Å². The number of nitrogens with two attached hydrogens (primary N) is 4. The summed E-state index contributed by atoms with van der Waals surface area (Å²) in [7, 11) is 0. The summed E-state index contributed by atoms with van der Waals surface area (Å²) in [6.07, 6.45) is 0. The van der Waals surface area contributed by atoms with Crippen molar-refractivity contribution in [1.82, 2.24) is 0 Å². The van der Waals surface area contributed by atoms with E-state index >= 15 is 0 Å². The van der Waals surface area contributed by atoms with Crippen molar-refractivity contribution in [2.75, 3.05) is 22.9 Å². The van der Waals surface area contributed by atoms with Crippen molar-refractivity contribution in [3.63, 3.8) is 0 Å². The average molecular weight is 287 g/mol. The number of rotatable bonds is 1. The molecule has 6 heteroatoms. The highest BCUT2D eigenvalue weighted by atomic mass is 35.5. The molecule has 0 atom stereocenters. The van der Waals surface area contributed by atoms with Gasteiger partial charge < -0.3 is 22.9 Å². The van der Waals surface area contributed by atoms with Gasteiger partial charge in [-0.2, -0.15) is 0 Å². The topological polar surface area (TPSA) is 104 Å². The van der Waals surface area contributed by atoms with Gasteiger partial charge in [0, 0.05) is 11.3 Å². The molecule has 8 N–H and O–H groups in total. The van der Waals surface area contributed by atoms with Crippen molar-refractivity contribution in [1.29, 1.82) is 0 Å². The maximum atomic E-state index is 5.92. The molecule has 2 rings (SSSR count). The van der Waals surface area contributed by atoms with Gasteiger partial charge in [0.25, 0.3) is 0 Å². The lowest BCUT2D eigenvalue weighted by atomic mass is 10.0. The standard InChI is InChI=1S/C12H14N4.2ClH/c13-8-3-1-7(2-4-8)9-5-6-10(14)12(16)11(9)15;;/h1-6H,13-16H2;2*1H. The number of halogens is 2. The molecule has 0 aliphatic rings. The molecule has 98 valence electrons. The Bertz CT molecular complexity index is 526. The SMILES string of the molecule is Cl.Cl.Nc1ccc(-c2ccc(N)c(N)c2N)cc1. The van der Waals surface area contributed by atoms with Crippen molar-refractivity contribution in [2.45, 2.75) is 0 Å². The highest BCUT2D eigenvalue weighted by Crippen LogP contribution is 2.33. The summed E-state index contributed by atoms with van der Waals surface area (Å²) in [5.74, 6) is 0. The minimum Gasteiger partial charge on any atom is -0.399 e. The Morgan fingerprint density at radius 2 is 1.17 bits per heavy atom. The molecular weight excluding hydrogens is 271 g/mol. The lowest BCUT2D eigenvalue weighted by Crippen LogP contribution is -2.01. The van der Waals surface area contributed by atoms with Gasteiger partial charge in [-0.05, 0) is 23.8 Å². The van der Waals surface area contributed by atoms with Crippen LogP contribution in [0.5, 0.6) is 0 Å². The third-order valence-corrected chi connectivity index (χ3v) is 2.54. The maximum Gasteiger partial charge on any atom is 0.0787 e. The van der Waals surface area contributed by atoms with Crippen LogP contribution in [0.2, 0.25) is 0 Å². The lowest BCUT2D eigenvalue weighted by Gasteiger charge is -2.10. The molecule has 0 radical (unpaired) electrons. The minimum atomic E-state index is 0. The number of nitrogen functional groups attached to an aromatic ring is 4. The van der Waals surface area contributed by atoms with E-state index in [1.165, 1.54) is 0 Å². The van der Waals surface area contributed by atoms with Crippen molar-refractivity contribution >= 4 is 47.6 Å². The van der Waals surface area contributed by atoms with Crippen LogP contribution in [-0.2, 0) is 0 Å². The first-order valence-electron chi connectivity index (χ1n) is 4.89. The smallest absolute Gasteiger partial charge is 0.0787 e. The predicted octanol–water partition coefficient (Wildman–Crippen LogP) is 2.53. The molecule has 2 aromatic rings. The first-order chi connectivity index (χ1) is 7.59. The fraction of sp³-hybridized carbons (Fsp3) is 0. The van der Waals surface area contributed by atoms with Gasteiger partial charge in [-0.1, -0.05) is 18.2 Å². The molecule has 0 unspecified atom stereocenters. The van der Waals surface area contributed by atoms with Crippen molar-refractivity contribution in [2.24, 2.45) is 0 Å². The highest BCUT2D eigenvalue weighted by molar-refractivity contribution is 5.90. The van der Waals surface area contributed by atoms with Crippen LogP contribution in [0.4, 0.5) is 22.7 Å². The van der Waals surface area contributed by atoms with Crippen LogP contribution in [0.1, 0.15) is 0 Å².